The number of benzene rings is 1. The van der Waals surface area contributed by atoms with Gasteiger partial charge in [0.15, 0.2) is 0 Å². The van der Waals surface area contributed by atoms with E-state index in [0.717, 1.165) is 25.3 Å². The molecule has 1 aromatic carbocycles. The molecule has 0 saturated carbocycles. The lowest BCUT2D eigenvalue weighted by Crippen LogP contribution is -2.56. The lowest BCUT2D eigenvalue weighted by molar-refractivity contribution is -0.125. The van der Waals surface area contributed by atoms with Crippen molar-refractivity contribution in [1.82, 2.24) is 4.90 Å². The molecule has 1 saturated heterocycles. The molecule has 0 bridgehead atoms. The van der Waals surface area contributed by atoms with E-state index in [-0.39, 0.29) is 11.9 Å². The van der Waals surface area contributed by atoms with Gasteiger partial charge in [0.2, 0.25) is 5.91 Å². The first kappa shape index (κ1) is 13.1. The van der Waals surface area contributed by atoms with Crippen LogP contribution in [0.25, 0.3) is 0 Å². The van der Waals surface area contributed by atoms with Gasteiger partial charge in [0.25, 0.3) is 0 Å². The van der Waals surface area contributed by atoms with E-state index < -0.39 is 0 Å². The third-order valence-electron chi connectivity index (χ3n) is 3.54. The molecule has 0 spiro atoms. The molecule has 1 unspecified atom stereocenters. The average molecular weight is 247 g/mol. The van der Waals surface area contributed by atoms with Crippen LogP contribution >= 0.6 is 0 Å². The van der Waals surface area contributed by atoms with Gasteiger partial charge in [-0.25, -0.2) is 0 Å². The number of rotatable bonds is 3. The second-order valence-electron chi connectivity index (χ2n) is 4.83. The molecule has 2 rings (SSSR count). The fourth-order valence-corrected chi connectivity index (χ4v) is 2.37. The van der Waals surface area contributed by atoms with Gasteiger partial charge in [-0.05, 0) is 26.0 Å². The van der Waals surface area contributed by atoms with Crippen LogP contribution in [0.5, 0.6) is 0 Å². The Kier molecular flexibility index (Phi) is 3.99. The van der Waals surface area contributed by atoms with Gasteiger partial charge in [-0.1, -0.05) is 17.7 Å². The fraction of sp³-hybridized carbons (Fsp3) is 0.500. The summed E-state index contributed by atoms with van der Waals surface area (Å²) < 4.78 is 0. The van der Waals surface area contributed by atoms with Crippen LogP contribution in [0.2, 0.25) is 0 Å². The zero-order chi connectivity index (χ0) is 13.1. The van der Waals surface area contributed by atoms with Crippen LogP contribution in [0.15, 0.2) is 24.3 Å². The van der Waals surface area contributed by atoms with Gasteiger partial charge >= 0.3 is 0 Å². The molecule has 0 aromatic heterocycles. The Morgan fingerprint density at radius 1 is 1.28 bits per heavy atom. The number of nitrogens with zero attached hydrogens (tertiary/aromatic N) is 2. The number of piperazine rings is 1. The van der Waals surface area contributed by atoms with Crippen molar-refractivity contribution in [3.8, 4) is 0 Å². The maximum Gasteiger partial charge on any atom is 0.244 e. The van der Waals surface area contributed by atoms with Crippen molar-refractivity contribution < 1.29 is 4.79 Å². The zero-order valence-corrected chi connectivity index (χ0v) is 11.1. The molecule has 1 aliphatic rings. The lowest BCUT2D eigenvalue weighted by atomic mass is 10.1. The van der Waals surface area contributed by atoms with Gasteiger partial charge in [-0.2, -0.15) is 0 Å². The molecule has 0 aliphatic carbocycles. The van der Waals surface area contributed by atoms with E-state index in [1.807, 2.05) is 43.0 Å². The predicted octanol–water partition coefficient (Wildman–Crippen LogP) is 0.991. The summed E-state index contributed by atoms with van der Waals surface area (Å²) in [7, 11) is 0. The van der Waals surface area contributed by atoms with Crippen molar-refractivity contribution in [2.24, 2.45) is 5.73 Å². The maximum atomic E-state index is 12.3. The van der Waals surface area contributed by atoms with Crippen LogP contribution in [0.1, 0.15) is 12.5 Å². The number of carbonyl (C=O) groups excluding carboxylic acids is 1. The van der Waals surface area contributed by atoms with Gasteiger partial charge in [0.1, 0.15) is 0 Å². The highest BCUT2D eigenvalue weighted by atomic mass is 16.2. The average Bonchev–Trinajstić information content (AvgIpc) is 2.37. The first-order valence-corrected chi connectivity index (χ1v) is 6.45. The molecule has 1 fully saturated rings. The van der Waals surface area contributed by atoms with Crippen molar-refractivity contribution in [3.63, 3.8) is 0 Å². The SMILES string of the molecule is Cc1ccc(N2CCN(CCN)C(C)C2=O)cc1. The van der Waals surface area contributed by atoms with E-state index in [1.165, 1.54) is 5.56 Å². The van der Waals surface area contributed by atoms with Crippen LogP contribution in [-0.2, 0) is 4.79 Å². The normalized spacial score (nSPS) is 21.4. The third-order valence-corrected chi connectivity index (χ3v) is 3.54. The Hall–Kier alpha value is -1.39. The van der Waals surface area contributed by atoms with Crippen LogP contribution in [0.4, 0.5) is 5.69 Å². The van der Waals surface area contributed by atoms with Gasteiger partial charge in [0, 0.05) is 31.9 Å². The second-order valence-corrected chi connectivity index (χ2v) is 4.83. The molecular weight excluding hydrogens is 226 g/mol. The molecule has 98 valence electrons. The molecule has 18 heavy (non-hydrogen) atoms. The minimum absolute atomic E-state index is 0.0800. The number of hydrogen-bond donors (Lipinski definition) is 1. The Bertz CT molecular complexity index is 416. The number of aryl methyl sites for hydroxylation is 1. The zero-order valence-electron chi connectivity index (χ0n) is 11.1. The fourth-order valence-electron chi connectivity index (χ4n) is 2.37. The van der Waals surface area contributed by atoms with Crippen LogP contribution in [0.3, 0.4) is 0 Å². The highest BCUT2D eigenvalue weighted by Crippen LogP contribution is 2.20. The van der Waals surface area contributed by atoms with Gasteiger partial charge in [-0.15, -0.1) is 0 Å². The van der Waals surface area contributed by atoms with Crippen molar-refractivity contribution in [3.05, 3.63) is 29.8 Å². The number of hydrogen-bond acceptors (Lipinski definition) is 3. The quantitative estimate of drug-likeness (QED) is 0.866. The molecule has 1 aromatic rings. The summed E-state index contributed by atoms with van der Waals surface area (Å²) in [6, 6.07) is 8.03. The first-order valence-electron chi connectivity index (χ1n) is 6.45. The van der Waals surface area contributed by atoms with Crippen LogP contribution < -0.4 is 10.6 Å². The molecule has 1 amide bonds. The number of amides is 1. The van der Waals surface area contributed by atoms with Gasteiger partial charge < -0.3 is 10.6 Å². The topological polar surface area (TPSA) is 49.6 Å². The predicted molar refractivity (Wildman–Crippen MR) is 73.6 cm³/mol. The van der Waals surface area contributed by atoms with E-state index in [4.69, 9.17) is 5.73 Å². The van der Waals surface area contributed by atoms with Gasteiger partial charge in [-0.3, -0.25) is 9.69 Å². The van der Waals surface area contributed by atoms with Crippen LogP contribution in [-0.4, -0.2) is 43.0 Å². The summed E-state index contributed by atoms with van der Waals surface area (Å²) in [6.07, 6.45) is 0. The molecule has 0 radical (unpaired) electrons. The maximum absolute atomic E-state index is 12.3. The Morgan fingerprint density at radius 3 is 2.56 bits per heavy atom. The summed E-state index contributed by atoms with van der Waals surface area (Å²) in [6.45, 7) is 7.02. The standard InChI is InChI=1S/C14H21N3O/c1-11-3-5-13(6-4-11)17-10-9-16(8-7-15)12(2)14(17)18/h3-6,12H,7-10,15H2,1-2H3. The van der Waals surface area contributed by atoms with Gasteiger partial charge in [0.05, 0.1) is 6.04 Å². The molecule has 1 heterocycles. The number of anilines is 1. The van der Waals surface area contributed by atoms with Crippen molar-refractivity contribution in [1.29, 1.82) is 0 Å². The van der Waals surface area contributed by atoms with Crippen molar-refractivity contribution in [2.75, 3.05) is 31.1 Å². The highest BCUT2D eigenvalue weighted by molar-refractivity contribution is 5.97. The summed E-state index contributed by atoms with van der Waals surface area (Å²) in [4.78, 5) is 16.4. The van der Waals surface area contributed by atoms with E-state index >= 15 is 0 Å². The van der Waals surface area contributed by atoms with Crippen molar-refractivity contribution >= 4 is 11.6 Å². The first-order chi connectivity index (χ1) is 8.63. The number of nitrogens with two attached hydrogens (primary N) is 1. The molecule has 1 atom stereocenters. The highest BCUT2D eigenvalue weighted by Gasteiger charge is 2.31. The minimum atomic E-state index is -0.0800. The van der Waals surface area contributed by atoms with Crippen LogP contribution in [0, 0.1) is 6.92 Å². The summed E-state index contributed by atoms with van der Waals surface area (Å²) in [5.74, 6) is 0.165. The Labute approximate surface area is 108 Å². The van der Waals surface area contributed by atoms with E-state index in [2.05, 4.69) is 4.90 Å². The molecule has 4 nitrogen and oxygen atoms in total. The Morgan fingerprint density at radius 2 is 1.94 bits per heavy atom. The molecular formula is C14H21N3O. The third kappa shape index (κ3) is 2.54. The molecule has 2 N–H and O–H groups in total. The van der Waals surface area contributed by atoms with Crippen molar-refractivity contribution in [2.45, 2.75) is 19.9 Å². The largest absolute Gasteiger partial charge is 0.329 e. The minimum Gasteiger partial charge on any atom is -0.329 e. The van der Waals surface area contributed by atoms with E-state index in [1.54, 1.807) is 0 Å². The lowest BCUT2D eigenvalue weighted by Gasteiger charge is -2.39. The summed E-state index contributed by atoms with van der Waals surface area (Å²) in [5.41, 5.74) is 7.76. The summed E-state index contributed by atoms with van der Waals surface area (Å²) in [5, 5.41) is 0. The molecule has 1 aliphatic heterocycles. The van der Waals surface area contributed by atoms with E-state index in [9.17, 15) is 4.79 Å². The Balaban J connectivity index is 2.12. The number of carbonyl (C=O) groups is 1. The smallest absolute Gasteiger partial charge is 0.244 e. The van der Waals surface area contributed by atoms with E-state index in [0.29, 0.717) is 6.54 Å². The summed E-state index contributed by atoms with van der Waals surface area (Å²) >= 11 is 0. The second kappa shape index (κ2) is 5.50. The molecule has 4 heteroatoms. The monoisotopic (exact) mass is 247 g/mol.